The molecule has 2 aliphatic rings. The van der Waals surface area contributed by atoms with Crippen molar-refractivity contribution >= 4 is 52.6 Å². The minimum Gasteiger partial charge on any atom is -0.394 e. The molecule has 4 aromatic heterocycles. The van der Waals surface area contributed by atoms with E-state index in [1.165, 1.54) is 28.1 Å². The number of rotatable bonds is 8. The zero-order chi connectivity index (χ0) is 29.9. The maximum absolute atomic E-state index is 15.1. The fourth-order valence-electron chi connectivity index (χ4n) is 4.81. The molecule has 9 atom stereocenters. The Kier molecular flexibility index (Phi) is 7.42. The molecule has 0 aromatic carbocycles. The molecule has 22 heteroatoms. The van der Waals surface area contributed by atoms with Crippen LogP contribution in [0, 0.1) is 0 Å². The zero-order valence-corrected chi connectivity index (χ0v) is 22.8. The predicted octanol–water partition coefficient (Wildman–Crippen LogP) is -2.41. The highest BCUT2D eigenvalue weighted by Gasteiger charge is 2.50. The molecular weight excluding hydrogens is 606 g/mol. The fourth-order valence-corrected chi connectivity index (χ4v) is 6.22. The Morgan fingerprint density at radius 1 is 1.05 bits per heavy atom. The molecule has 6 heterocycles. The maximum Gasteiger partial charge on any atom is 0.325 e. The van der Waals surface area contributed by atoms with Crippen LogP contribution in [0.25, 0.3) is 22.3 Å². The second kappa shape index (κ2) is 10.8. The Morgan fingerprint density at radius 2 is 1.74 bits per heavy atom. The van der Waals surface area contributed by atoms with Crippen molar-refractivity contribution in [2.45, 2.75) is 49.1 Å². The number of aromatic amines is 1. The number of nitrogens with zero attached hydrogens (tertiary/aromatic N) is 7. The van der Waals surface area contributed by atoms with E-state index in [-0.39, 0.29) is 34.1 Å². The smallest absolute Gasteiger partial charge is 0.325 e. The van der Waals surface area contributed by atoms with Gasteiger partial charge >= 0.3 is 6.72 Å². The number of nitrogens with one attached hydrogen (secondary N) is 1. The lowest BCUT2D eigenvalue weighted by molar-refractivity contribution is -0.0554. The molecule has 3 unspecified atom stereocenters. The van der Waals surface area contributed by atoms with Gasteiger partial charge < -0.3 is 45.7 Å². The van der Waals surface area contributed by atoms with Gasteiger partial charge in [0.15, 0.2) is 41.3 Å². The van der Waals surface area contributed by atoms with E-state index in [1.807, 2.05) is 0 Å². The molecule has 226 valence electrons. The monoisotopic (exact) mass is 630 g/mol. The molecule has 9 N–H and O–H groups in total. The van der Waals surface area contributed by atoms with E-state index in [4.69, 9.17) is 41.8 Å². The van der Waals surface area contributed by atoms with Gasteiger partial charge in [0, 0.05) is 0 Å². The van der Waals surface area contributed by atoms with Crippen LogP contribution >= 0.6 is 6.72 Å². The van der Waals surface area contributed by atoms with Crippen molar-refractivity contribution in [2.24, 2.45) is 0 Å². The number of anilines is 2. The number of aromatic nitrogens is 8. The van der Waals surface area contributed by atoms with Crippen molar-refractivity contribution in [1.29, 1.82) is 0 Å². The third kappa shape index (κ3) is 4.92. The summed E-state index contributed by atoms with van der Waals surface area (Å²) >= 11 is 5.12. The molecule has 19 nitrogen and oxygen atoms in total. The van der Waals surface area contributed by atoms with E-state index in [1.54, 1.807) is 0 Å². The first kappa shape index (κ1) is 28.9. The summed E-state index contributed by atoms with van der Waals surface area (Å²) in [6.45, 7) is -5.52. The molecule has 0 saturated carbocycles. The lowest BCUT2D eigenvalue weighted by atomic mass is 10.1. The van der Waals surface area contributed by atoms with Gasteiger partial charge in [0.1, 0.15) is 42.4 Å². The first-order chi connectivity index (χ1) is 20.0. The maximum atomic E-state index is 15.1. The molecule has 0 bridgehead atoms. The molecule has 2 aliphatic heterocycles. The number of nitrogen functional groups attached to an aromatic ring is 2. The van der Waals surface area contributed by atoms with Crippen molar-refractivity contribution in [3.63, 3.8) is 0 Å². The van der Waals surface area contributed by atoms with Crippen LogP contribution in [0.15, 0.2) is 23.8 Å². The molecule has 2 fully saturated rings. The molecule has 2 saturated heterocycles. The molecule has 4 aromatic rings. The lowest BCUT2D eigenvalue weighted by Gasteiger charge is -2.27. The first-order valence-electron chi connectivity index (χ1n) is 12.2. The minimum atomic E-state index is -4.26. The first-order valence-corrected chi connectivity index (χ1v) is 14.8. The third-order valence-electron chi connectivity index (χ3n) is 6.83. The minimum absolute atomic E-state index is 0.0330. The summed E-state index contributed by atoms with van der Waals surface area (Å²) in [7, 11) is 0. The van der Waals surface area contributed by atoms with Gasteiger partial charge in [0.2, 0.25) is 5.95 Å². The van der Waals surface area contributed by atoms with Gasteiger partial charge in [-0.2, -0.15) is 4.98 Å². The quantitative estimate of drug-likeness (QED) is 0.0998. The summed E-state index contributed by atoms with van der Waals surface area (Å²) in [4.78, 5) is 45.3. The zero-order valence-electron chi connectivity index (χ0n) is 21.1. The van der Waals surface area contributed by atoms with Crippen molar-refractivity contribution in [1.82, 2.24) is 39.0 Å². The molecule has 0 aliphatic carbocycles. The third-order valence-corrected chi connectivity index (χ3v) is 8.39. The lowest BCUT2D eigenvalue weighted by Crippen LogP contribution is -2.35. The van der Waals surface area contributed by atoms with Crippen LogP contribution in [0.3, 0.4) is 0 Å². The summed E-state index contributed by atoms with van der Waals surface area (Å²) in [5.41, 5.74) is 11.0. The number of hydrogen-bond donors (Lipinski definition) is 7. The van der Waals surface area contributed by atoms with Gasteiger partial charge in [-0.05, 0) is 11.8 Å². The summed E-state index contributed by atoms with van der Waals surface area (Å²) in [5, 5.41) is 31.0. The van der Waals surface area contributed by atoms with Gasteiger partial charge in [0.05, 0.1) is 25.9 Å². The highest BCUT2D eigenvalue weighted by atomic mass is 32.5. The van der Waals surface area contributed by atoms with E-state index in [9.17, 15) is 25.0 Å². The van der Waals surface area contributed by atoms with Gasteiger partial charge in [-0.25, -0.2) is 24.3 Å². The van der Waals surface area contributed by atoms with Crippen LogP contribution in [-0.2, 0) is 30.3 Å². The molecule has 6 rings (SSSR count). The Labute approximate surface area is 238 Å². The van der Waals surface area contributed by atoms with E-state index in [0.29, 0.717) is 0 Å². The van der Waals surface area contributed by atoms with Gasteiger partial charge in [-0.1, -0.05) is 0 Å². The highest BCUT2D eigenvalue weighted by Crippen LogP contribution is 2.50. The highest BCUT2D eigenvalue weighted by molar-refractivity contribution is 8.07. The number of fused-ring (bicyclic) bond motifs is 2. The number of halogens is 1. The number of nitrogens with two attached hydrogens (primary N) is 2. The molecule has 0 radical (unpaired) electrons. The van der Waals surface area contributed by atoms with Crippen molar-refractivity contribution in [3.05, 3.63) is 29.3 Å². The summed E-state index contributed by atoms with van der Waals surface area (Å²) in [6, 6.07) is 0. The van der Waals surface area contributed by atoms with Crippen LogP contribution in [-0.4, -0.2) is 109 Å². The van der Waals surface area contributed by atoms with Crippen molar-refractivity contribution < 1.29 is 43.1 Å². The normalized spacial score (nSPS) is 31.3. The number of alkyl halides is 1. The number of ether oxygens (including phenoxy) is 2. The predicted molar refractivity (Wildman–Crippen MR) is 141 cm³/mol. The number of aliphatic hydroxyl groups excluding tert-OH is 3. The van der Waals surface area contributed by atoms with Crippen LogP contribution in [0.4, 0.5) is 16.2 Å². The number of aliphatic hydroxyl groups is 3. The number of H-pyrrole nitrogens is 1. The van der Waals surface area contributed by atoms with Gasteiger partial charge in [-0.3, -0.25) is 23.4 Å². The second-order valence-electron chi connectivity index (χ2n) is 9.43. The average molecular weight is 631 g/mol. The SMILES string of the molecule is Nc1nc2c(ncn2[C@@H]2O[C@H](CO)C(O)[C@H]2OP(O)(=S)OC[C@H]2O[C@@H](n3cnc4c(N)ncnc43)C(F)[C@@H]2O)c(=O)[nH]1. The number of hydrogen-bond acceptors (Lipinski definition) is 16. The summed E-state index contributed by atoms with van der Waals surface area (Å²) in [6.07, 6.45) is -8.27. The molecule has 42 heavy (non-hydrogen) atoms. The van der Waals surface area contributed by atoms with Crippen molar-refractivity contribution in [3.8, 4) is 0 Å². The van der Waals surface area contributed by atoms with Crippen LogP contribution in [0.5, 0.6) is 0 Å². The van der Waals surface area contributed by atoms with Gasteiger partial charge in [-0.15, -0.1) is 0 Å². The fraction of sp³-hybridized carbons (Fsp3) is 0.500. The second-order valence-corrected chi connectivity index (χ2v) is 12.2. The topological polar surface area (TPSA) is 277 Å². The molecule has 0 spiro atoms. The van der Waals surface area contributed by atoms with Crippen LogP contribution in [0.2, 0.25) is 0 Å². The molecular formula is C20H24FN10O9PS. The van der Waals surface area contributed by atoms with E-state index in [2.05, 4.69) is 29.9 Å². The Bertz CT molecular complexity index is 1740. The van der Waals surface area contributed by atoms with Gasteiger partial charge in [0.25, 0.3) is 5.56 Å². The average Bonchev–Trinajstić information content (AvgIpc) is 3.69. The molecule has 0 amide bonds. The van der Waals surface area contributed by atoms with E-state index in [0.717, 1.165) is 0 Å². The Balaban J connectivity index is 1.19. The van der Waals surface area contributed by atoms with E-state index >= 15 is 4.39 Å². The van der Waals surface area contributed by atoms with Crippen molar-refractivity contribution in [2.75, 3.05) is 24.7 Å². The summed E-state index contributed by atoms with van der Waals surface area (Å²) in [5.74, 6) is -0.154. The number of imidazole rings is 2. The summed E-state index contributed by atoms with van der Waals surface area (Å²) < 4.78 is 39.9. The van der Waals surface area contributed by atoms with Crippen LogP contribution < -0.4 is 17.0 Å². The Hall–Kier alpha value is -3.24. The standard InChI is InChI=1S/C20H24FN10O9PS/c21-8-11(33)7(39-18(8)30-4-26-9-14(22)24-3-25-15(9)30)2-37-41(36,42)40-13-12(34)6(1-32)38-19(13)31-5-27-10-16(31)28-20(23)29-17(10)35/h3-8,11-13,18-19,32-34H,1-2H2,(H,36,42)(H2,22,24,25)(H3,23,28,29,35)/t6-,7-,8?,11-,12?,13-,18-,19-,41?/m1/s1. The largest absolute Gasteiger partial charge is 0.394 e. The van der Waals surface area contributed by atoms with E-state index < -0.39 is 74.6 Å². The Morgan fingerprint density at radius 3 is 2.48 bits per heavy atom. The van der Waals surface area contributed by atoms with Crippen LogP contribution in [0.1, 0.15) is 12.5 Å².